The van der Waals surface area contributed by atoms with Crippen LogP contribution < -0.4 is 0 Å². The molecule has 29 heavy (non-hydrogen) atoms. The minimum atomic E-state index is 0.267. The van der Waals surface area contributed by atoms with E-state index in [0.29, 0.717) is 0 Å². The van der Waals surface area contributed by atoms with Crippen LogP contribution in [0.4, 0.5) is 0 Å². The van der Waals surface area contributed by atoms with Crippen molar-refractivity contribution in [3.63, 3.8) is 0 Å². The molecule has 0 aromatic rings. The Bertz CT molecular complexity index is 574. The van der Waals surface area contributed by atoms with Gasteiger partial charge in [-0.05, 0) is 137 Å². The lowest BCUT2D eigenvalue weighted by Gasteiger charge is -2.58. The molecule has 2 unspecified atom stereocenters. The average molecular weight is 395 g/mol. The first-order valence-corrected chi connectivity index (χ1v) is 12.9. The van der Waals surface area contributed by atoms with Gasteiger partial charge in [0, 0.05) is 0 Å². The zero-order valence-corrected chi connectivity index (χ0v) is 18.8. The fourth-order valence-electron chi connectivity index (χ4n) is 10.2. The molecule has 8 saturated carbocycles. The van der Waals surface area contributed by atoms with Crippen molar-refractivity contribution in [1.29, 1.82) is 0 Å². The number of hydrogen-bond acceptors (Lipinski definition) is 1. The molecular weight excluding hydrogens is 352 g/mol. The third-order valence-corrected chi connectivity index (χ3v) is 10.6. The van der Waals surface area contributed by atoms with Crippen LogP contribution in [-0.4, -0.2) is 12.2 Å². The number of rotatable bonds is 6. The molecule has 8 fully saturated rings. The van der Waals surface area contributed by atoms with Gasteiger partial charge in [-0.25, -0.2) is 0 Å². The van der Waals surface area contributed by atoms with E-state index in [1.807, 2.05) is 0 Å². The van der Waals surface area contributed by atoms with Crippen LogP contribution in [0.1, 0.15) is 78.1 Å². The van der Waals surface area contributed by atoms with Gasteiger partial charge in [0.15, 0.2) is 0 Å². The number of hydrogen-bond donors (Lipinski definition) is 0. The van der Waals surface area contributed by atoms with Crippen LogP contribution in [0, 0.1) is 59.2 Å². The van der Waals surface area contributed by atoms with Crippen molar-refractivity contribution < 1.29 is 4.74 Å². The summed E-state index contributed by atoms with van der Waals surface area (Å²) >= 11 is 0. The Morgan fingerprint density at radius 3 is 1.07 bits per heavy atom. The van der Waals surface area contributed by atoms with Crippen LogP contribution in [0.5, 0.6) is 0 Å². The molecule has 8 bridgehead atoms. The normalized spacial score (nSPS) is 51.2. The summed E-state index contributed by atoms with van der Waals surface area (Å²) in [6.45, 7) is 13.5. The van der Waals surface area contributed by atoms with Crippen molar-refractivity contribution in [2.24, 2.45) is 59.2 Å². The zero-order valence-electron chi connectivity index (χ0n) is 18.8. The van der Waals surface area contributed by atoms with Crippen LogP contribution in [0.3, 0.4) is 0 Å². The topological polar surface area (TPSA) is 9.23 Å². The highest BCUT2D eigenvalue weighted by Gasteiger charge is 2.54. The molecule has 8 aliphatic carbocycles. The van der Waals surface area contributed by atoms with Crippen LogP contribution in [-0.2, 0) is 4.74 Å². The Kier molecular flexibility index (Phi) is 4.61. The second kappa shape index (κ2) is 6.98. The summed E-state index contributed by atoms with van der Waals surface area (Å²) in [5.74, 6) is 9.19. The highest BCUT2D eigenvalue weighted by molar-refractivity contribution is 5.14. The fraction of sp³-hybridized carbons (Fsp3) is 0.857. The second-order valence-corrected chi connectivity index (χ2v) is 12.7. The number of ether oxygens (including phenoxy) is 1. The largest absolute Gasteiger partial charge is 0.366 e. The first kappa shape index (κ1) is 19.1. The highest BCUT2D eigenvalue weighted by atomic mass is 16.5. The van der Waals surface area contributed by atoms with Gasteiger partial charge < -0.3 is 4.74 Å². The van der Waals surface area contributed by atoms with Crippen molar-refractivity contribution in [3.8, 4) is 0 Å². The predicted molar refractivity (Wildman–Crippen MR) is 119 cm³/mol. The molecule has 1 heteroatoms. The van der Waals surface area contributed by atoms with E-state index >= 15 is 0 Å². The maximum atomic E-state index is 7.23. The van der Waals surface area contributed by atoms with E-state index in [1.165, 1.54) is 75.4 Å². The molecule has 8 aliphatic rings. The van der Waals surface area contributed by atoms with E-state index in [0.717, 1.165) is 59.2 Å². The van der Waals surface area contributed by atoms with Gasteiger partial charge in [0.25, 0.3) is 0 Å². The fourth-order valence-corrected chi connectivity index (χ4v) is 10.2. The Morgan fingerprint density at radius 2 is 0.828 bits per heavy atom. The van der Waals surface area contributed by atoms with E-state index in [9.17, 15) is 0 Å². The third-order valence-electron chi connectivity index (χ3n) is 10.6. The zero-order chi connectivity index (χ0) is 19.9. The van der Waals surface area contributed by atoms with Gasteiger partial charge in [-0.1, -0.05) is 24.3 Å². The summed E-state index contributed by atoms with van der Waals surface area (Å²) in [7, 11) is 0. The molecule has 0 amide bonds. The monoisotopic (exact) mass is 394 g/mol. The minimum absolute atomic E-state index is 0.267. The van der Waals surface area contributed by atoms with Crippen molar-refractivity contribution in [2.45, 2.75) is 90.3 Å². The minimum Gasteiger partial charge on any atom is -0.366 e. The molecule has 2 atom stereocenters. The Labute approximate surface area is 178 Å². The SMILES string of the molecule is C=C(C)C(OC(C(=C)C)C1C2CC3CC(C2)CC1C3)C1C2CC3CC(C2)CC1C3. The van der Waals surface area contributed by atoms with Crippen molar-refractivity contribution in [1.82, 2.24) is 0 Å². The lowest BCUT2D eigenvalue weighted by atomic mass is 9.50. The van der Waals surface area contributed by atoms with Crippen LogP contribution >= 0.6 is 0 Å². The summed E-state index contributed by atoms with van der Waals surface area (Å²) in [5, 5.41) is 0. The van der Waals surface area contributed by atoms with Gasteiger partial charge in [-0.2, -0.15) is 0 Å². The maximum absolute atomic E-state index is 7.23. The van der Waals surface area contributed by atoms with Crippen molar-refractivity contribution >= 4 is 0 Å². The summed E-state index contributed by atoms with van der Waals surface area (Å²) in [6.07, 6.45) is 15.4. The molecule has 8 rings (SSSR count). The first-order valence-electron chi connectivity index (χ1n) is 12.9. The molecule has 1 nitrogen and oxygen atoms in total. The van der Waals surface area contributed by atoms with E-state index in [4.69, 9.17) is 4.74 Å². The molecular formula is C28H42O. The van der Waals surface area contributed by atoms with Gasteiger partial charge >= 0.3 is 0 Å². The molecule has 0 saturated heterocycles. The highest BCUT2D eigenvalue weighted by Crippen LogP contribution is 2.60. The van der Waals surface area contributed by atoms with E-state index in [-0.39, 0.29) is 12.2 Å². The van der Waals surface area contributed by atoms with E-state index < -0.39 is 0 Å². The molecule has 0 aliphatic heterocycles. The lowest BCUT2D eigenvalue weighted by molar-refractivity contribution is -0.151. The average Bonchev–Trinajstić information content (AvgIpc) is 2.63. The summed E-state index contributed by atoms with van der Waals surface area (Å²) in [4.78, 5) is 0. The van der Waals surface area contributed by atoms with Gasteiger partial charge in [0.1, 0.15) is 0 Å². The summed E-state index contributed by atoms with van der Waals surface area (Å²) in [5.41, 5.74) is 2.58. The molecule has 160 valence electrons. The van der Waals surface area contributed by atoms with Gasteiger partial charge in [0.2, 0.25) is 0 Å². The Hall–Kier alpha value is -0.560. The molecule has 0 heterocycles. The van der Waals surface area contributed by atoms with Crippen LogP contribution in [0.2, 0.25) is 0 Å². The first-order chi connectivity index (χ1) is 14.0. The molecule has 0 N–H and O–H groups in total. The maximum Gasteiger partial charge on any atom is 0.0821 e. The van der Waals surface area contributed by atoms with E-state index in [1.54, 1.807) is 0 Å². The van der Waals surface area contributed by atoms with Crippen LogP contribution in [0.15, 0.2) is 24.3 Å². The standard InChI is InChI=1S/C28H42O/c1-15(2)27(25-21-7-17-5-18(9-21)10-22(25)8-17)29-28(16(3)4)26-23-11-19-6-20(13-23)14-24(26)12-19/h17-28H,1,3,5-14H2,2,4H3. The summed E-state index contributed by atoms with van der Waals surface area (Å²) < 4.78 is 7.23. The van der Waals surface area contributed by atoms with Gasteiger partial charge in [-0.15, -0.1) is 0 Å². The quantitative estimate of drug-likeness (QED) is 0.439. The Morgan fingerprint density at radius 1 is 0.552 bits per heavy atom. The smallest absolute Gasteiger partial charge is 0.0821 e. The molecule has 0 aromatic carbocycles. The van der Waals surface area contributed by atoms with Crippen molar-refractivity contribution in [3.05, 3.63) is 24.3 Å². The summed E-state index contributed by atoms with van der Waals surface area (Å²) in [6, 6.07) is 0. The third kappa shape index (κ3) is 3.12. The van der Waals surface area contributed by atoms with Gasteiger partial charge in [-0.3, -0.25) is 0 Å². The lowest BCUT2D eigenvalue weighted by Crippen LogP contribution is -2.54. The Balaban J connectivity index is 1.26. The van der Waals surface area contributed by atoms with Crippen LogP contribution in [0.25, 0.3) is 0 Å². The molecule has 0 aromatic heterocycles. The van der Waals surface area contributed by atoms with Gasteiger partial charge in [0.05, 0.1) is 12.2 Å². The molecule has 0 spiro atoms. The predicted octanol–water partition coefficient (Wildman–Crippen LogP) is 7.04. The van der Waals surface area contributed by atoms with Crippen molar-refractivity contribution in [2.75, 3.05) is 0 Å². The molecule has 0 radical (unpaired) electrons. The second-order valence-electron chi connectivity index (χ2n) is 12.7. The van der Waals surface area contributed by atoms with E-state index in [2.05, 4.69) is 27.0 Å².